The summed E-state index contributed by atoms with van der Waals surface area (Å²) in [7, 11) is -0.555. The molecule has 0 saturated carbocycles. The summed E-state index contributed by atoms with van der Waals surface area (Å²) in [6.07, 6.45) is 5.20. The van der Waals surface area contributed by atoms with E-state index in [9.17, 15) is 5.11 Å². The van der Waals surface area contributed by atoms with E-state index >= 15 is 0 Å². The Bertz CT molecular complexity index is 355. The summed E-state index contributed by atoms with van der Waals surface area (Å²) >= 11 is 0. The minimum atomic E-state index is -0.555. The van der Waals surface area contributed by atoms with Crippen LogP contribution in [0.2, 0.25) is 0 Å². The van der Waals surface area contributed by atoms with Gasteiger partial charge in [-0.3, -0.25) is 0 Å². The third-order valence-electron chi connectivity index (χ3n) is 3.47. The summed E-state index contributed by atoms with van der Waals surface area (Å²) in [4.78, 5) is 1.49. The molecule has 1 aliphatic rings. The lowest BCUT2D eigenvalue weighted by Gasteiger charge is -2.31. The molecule has 0 amide bonds. The number of aryl methyl sites for hydroxylation is 2. The Morgan fingerprint density at radius 1 is 1.07 bits per heavy atom. The molecule has 2 heteroatoms. The van der Waals surface area contributed by atoms with E-state index in [2.05, 4.69) is 18.4 Å². The van der Waals surface area contributed by atoms with Crippen molar-refractivity contribution in [3.63, 3.8) is 0 Å². The second kappa shape index (κ2) is 3.75. The van der Waals surface area contributed by atoms with E-state index in [1.165, 1.54) is 29.2 Å². The van der Waals surface area contributed by atoms with Gasteiger partial charge in [-0.15, -0.1) is 0 Å². The van der Waals surface area contributed by atoms with Crippen molar-refractivity contribution in [3.05, 3.63) is 23.3 Å². The molecule has 1 nitrogen and oxygen atoms in total. The molecule has 15 heavy (non-hydrogen) atoms. The molecule has 1 aromatic carbocycles. The number of benzene rings is 1. The van der Waals surface area contributed by atoms with Crippen molar-refractivity contribution >= 4 is 10.0 Å². The fourth-order valence-electron chi connectivity index (χ4n) is 2.38. The van der Waals surface area contributed by atoms with Crippen LogP contribution in [-0.2, 0) is 0 Å². The lowest BCUT2D eigenvalue weighted by molar-refractivity contribution is 0.466. The van der Waals surface area contributed by atoms with E-state index in [0.717, 1.165) is 11.1 Å². The first-order valence-electron chi connectivity index (χ1n) is 5.57. The number of hydrogen-bond donors (Lipinski definition) is 1. The second-order valence-corrected chi connectivity index (χ2v) is 8.63. The molecule has 0 radical (unpaired) electrons. The van der Waals surface area contributed by atoms with Gasteiger partial charge in [0.05, 0.1) is 0 Å². The van der Waals surface area contributed by atoms with Crippen LogP contribution < -0.4 is 0 Å². The van der Waals surface area contributed by atoms with E-state index in [-0.39, 0.29) is 0 Å². The molecule has 1 aromatic rings. The van der Waals surface area contributed by atoms with Gasteiger partial charge in [0.25, 0.3) is 0 Å². The topological polar surface area (TPSA) is 20.2 Å². The van der Waals surface area contributed by atoms with Gasteiger partial charge in [-0.25, -0.2) is 10.0 Å². The van der Waals surface area contributed by atoms with Crippen molar-refractivity contribution in [2.45, 2.75) is 31.6 Å². The quantitative estimate of drug-likeness (QED) is 0.773. The fourth-order valence-corrected chi connectivity index (χ4v) is 5.66. The average molecular weight is 224 g/mol. The van der Waals surface area contributed by atoms with Crippen LogP contribution in [0.1, 0.15) is 24.0 Å². The number of aromatic hydroxyl groups is 1. The molecule has 84 valence electrons. The number of phenolic OH excluding ortho intramolecular Hbond substituents is 1. The molecule has 1 aliphatic heterocycles. The first-order valence-corrected chi connectivity index (χ1v) is 7.95. The molecule has 0 bridgehead atoms. The van der Waals surface area contributed by atoms with E-state index in [0.29, 0.717) is 5.75 Å². The number of phenols is 1. The predicted molar refractivity (Wildman–Crippen MR) is 68.3 cm³/mol. The summed E-state index contributed by atoms with van der Waals surface area (Å²) in [5.41, 5.74) is 2.07. The smallest absolute Gasteiger partial charge is 0.121 e. The third-order valence-corrected chi connectivity index (χ3v) is 7.23. The van der Waals surface area contributed by atoms with Crippen LogP contribution >= 0.6 is 10.0 Å². The Kier molecular flexibility index (Phi) is 2.72. The molecule has 0 atom stereocenters. The molecule has 1 fully saturated rings. The Morgan fingerprint density at radius 2 is 1.53 bits per heavy atom. The van der Waals surface area contributed by atoms with E-state index in [1.54, 1.807) is 0 Å². The SMILES string of the molecule is Cc1cc(S2(C)CCCC2)cc(C)c1O. The number of rotatable bonds is 1. The first-order chi connectivity index (χ1) is 7.03. The van der Waals surface area contributed by atoms with Gasteiger partial charge in [0, 0.05) is 0 Å². The van der Waals surface area contributed by atoms with Crippen molar-refractivity contribution in [3.8, 4) is 5.75 Å². The highest BCUT2D eigenvalue weighted by molar-refractivity contribution is 8.33. The molecular weight excluding hydrogens is 204 g/mol. The maximum absolute atomic E-state index is 9.77. The standard InChI is InChI=1S/C13H20OS/c1-10-8-12(9-11(2)13(10)14)15(3)6-4-5-7-15/h8-9,14H,4-7H2,1-3H3. The first kappa shape index (κ1) is 10.9. The maximum Gasteiger partial charge on any atom is 0.121 e. The Morgan fingerprint density at radius 3 is 2.00 bits per heavy atom. The Hall–Kier alpha value is -0.630. The van der Waals surface area contributed by atoms with Gasteiger partial charge in [-0.2, -0.15) is 0 Å². The summed E-state index contributed by atoms with van der Waals surface area (Å²) in [6, 6.07) is 4.39. The monoisotopic (exact) mass is 224 g/mol. The second-order valence-electron chi connectivity index (χ2n) is 4.80. The van der Waals surface area contributed by atoms with E-state index in [1.807, 2.05) is 13.8 Å². The molecule has 0 aliphatic carbocycles. The molecule has 1 saturated heterocycles. The molecule has 0 unspecified atom stereocenters. The van der Waals surface area contributed by atoms with Crippen LogP contribution in [0.5, 0.6) is 5.75 Å². The van der Waals surface area contributed by atoms with Crippen LogP contribution in [0.3, 0.4) is 0 Å². The highest BCUT2D eigenvalue weighted by Crippen LogP contribution is 2.58. The molecule has 0 aromatic heterocycles. The van der Waals surface area contributed by atoms with Gasteiger partial charge in [0.15, 0.2) is 0 Å². The Balaban J connectivity index is 2.45. The maximum atomic E-state index is 9.77. The number of hydrogen-bond acceptors (Lipinski definition) is 1. The minimum Gasteiger partial charge on any atom is -0.507 e. The summed E-state index contributed by atoms with van der Waals surface area (Å²) in [5, 5.41) is 9.77. The minimum absolute atomic E-state index is 0.472. The zero-order valence-corrected chi connectivity index (χ0v) is 10.7. The molecule has 0 spiro atoms. The van der Waals surface area contributed by atoms with Crippen molar-refractivity contribution in [1.29, 1.82) is 0 Å². The fraction of sp³-hybridized carbons (Fsp3) is 0.538. The zero-order chi connectivity index (χ0) is 11.1. The van der Waals surface area contributed by atoms with Gasteiger partial charge in [-0.1, -0.05) is 0 Å². The van der Waals surface area contributed by atoms with Gasteiger partial charge in [0.1, 0.15) is 5.75 Å². The summed E-state index contributed by atoms with van der Waals surface area (Å²) < 4.78 is 0. The van der Waals surface area contributed by atoms with Gasteiger partial charge < -0.3 is 5.11 Å². The lowest BCUT2D eigenvalue weighted by atomic mass is 10.1. The molecule has 2 rings (SSSR count). The Labute approximate surface area is 93.8 Å². The molecular formula is C13H20OS. The van der Waals surface area contributed by atoms with Crippen molar-refractivity contribution < 1.29 is 5.11 Å². The van der Waals surface area contributed by atoms with Crippen LogP contribution in [-0.4, -0.2) is 22.9 Å². The van der Waals surface area contributed by atoms with Crippen LogP contribution in [0.4, 0.5) is 0 Å². The normalized spacial score (nSPS) is 21.5. The highest BCUT2D eigenvalue weighted by atomic mass is 32.3. The van der Waals surface area contributed by atoms with Gasteiger partial charge >= 0.3 is 0 Å². The summed E-state index contributed by atoms with van der Waals surface area (Å²) in [5.74, 6) is 3.22. The van der Waals surface area contributed by atoms with E-state index in [4.69, 9.17) is 0 Å². The average Bonchev–Trinajstić information content (AvgIpc) is 2.62. The van der Waals surface area contributed by atoms with E-state index < -0.39 is 10.0 Å². The largest absolute Gasteiger partial charge is 0.507 e. The molecule has 1 N–H and O–H groups in total. The highest BCUT2D eigenvalue weighted by Gasteiger charge is 2.26. The van der Waals surface area contributed by atoms with Crippen molar-refractivity contribution in [1.82, 2.24) is 0 Å². The zero-order valence-electron chi connectivity index (χ0n) is 9.84. The third kappa shape index (κ3) is 1.87. The lowest BCUT2D eigenvalue weighted by Crippen LogP contribution is -2.01. The predicted octanol–water partition coefficient (Wildman–Crippen LogP) is 3.60. The van der Waals surface area contributed by atoms with Crippen molar-refractivity contribution in [2.24, 2.45) is 0 Å². The van der Waals surface area contributed by atoms with Gasteiger partial charge in [-0.05, 0) is 72.6 Å². The summed E-state index contributed by atoms with van der Waals surface area (Å²) in [6.45, 7) is 4.01. The van der Waals surface area contributed by atoms with Crippen molar-refractivity contribution in [2.75, 3.05) is 17.8 Å². The molecule has 1 heterocycles. The van der Waals surface area contributed by atoms with Crippen LogP contribution in [0.15, 0.2) is 17.0 Å². The van der Waals surface area contributed by atoms with Crippen LogP contribution in [0, 0.1) is 13.8 Å². The van der Waals surface area contributed by atoms with Crippen LogP contribution in [0.25, 0.3) is 0 Å². The van der Waals surface area contributed by atoms with Gasteiger partial charge in [0.2, 0.25) is 0 Å².